The number of hydrogen-bond donors (Lipinski definition) is 11. The molecule has 0 aromatic rings. The molecule has 22 heteroatoms. The average molecular weight is 976 g/mol. The van der Waals surface area contributed by atoms with Gasteiger partial charge in [0.2, 0.25) is 5.91 Å². The Morgan fingerprint density at radius 2 is 1.31 bits per heavy atom. The second kappa shape index (κ2) is 44.1. The third-order valence-electron chi connectivity index (χ3n) is 10.2. The molecule has 0 bridgehead atoms. The fourth-order valence-electron chi connectivity index (χ4n) is 6.36. The van der Waals surface area contributed by atoms with Crippen LogP contribution in [-0.4, -0.2) is 114 Å². The van der Waals surface area contributed by atoms with Crippen molar-refractivity contribution in [1.29, 1.82) is 0 Å². The monoisotopic (exact) mass is 976 g/mol. The fraction of sp³-hybridized carbons (Fsp3) is 0.778. The van der Waals surface area contributed by atoms with Gasteiger partial charge in [-0.25, -0.2) is 15.4 Å². The molecule has 1 rings (SSSR count). The number of nitrogens with two attached hydrogens (primary N) is 3. The van der Waals surface area contributed by atoms with Gasteiger partial charge in [-0.2, -0.15) is 0 Å². The molecule has 3 atom stereocenters. The summed E-state index contributed by atoms with van der Waals surface area (Å²) < 4.78 is 10.2. The van der Waals surface area contributed by atoms with Crippen molar-refractivity contribution < 1.29 is 48.5 Å². The van der Waals surface area contributed by atoms with E-state index in [1.165, 1.54) is 24.1 Å². The van der Waals surface area contributed by atoms with Crippen molar-refractivity contribution in [2.75, 3.05) is 45.9 Å². The number of hydrazine groups is 3. The van der Waals surface area contributed by atoms with Gasteiger partial charge in [-0.3, -0.25) is 29.3 Å². The molecule has 0 saturated carbocycles. The third kappa shape index (κ3) is 39.3. The number of hydrogen-bond acceptors (Lipinski definition) is 16. The highest BCUT2D eigenvalue weighted by Crippen LogP contribution is 2.18. The van der Waals surface area contributed by atoms with Crippen LogP contribution in [0.25, 0.3) is 0 Å². The molecule has 14 N–H and O–H groups in total. The molecule has 67 heavy (non-hydrogen) atoms. The Labute approximate surface area is 402 Å². The summed E-state index contributed by atoms with van der Waals surface area (Å²) in [6.07, 6.45) is 18.9. The molecule has 0 aromatic carbocycles. The number of amides is 3. The minimum atomic E-state index is -0.913. The van der Waals surface area contributed by atoms with Crippen molar-refractivity contribution in [2.24, 2.45) is 23.2 Å². The molecule has 0 spiro atoms. The maximum atomic E-state index is 12.4. The van der Waals surface area contributed by atoms with Gasteiger partial charge < -0.3 is 57.5 Å². The zero-order chi connectivity index (χ0) is 50.7. The quantitative estimate of drug-likeness (QED) is 0.0168. The predicted octanol–water partition coefficient (Wildman–Crippen LogP) is 5.00. The summed E-state index contributed by atoms with van der Waals surface area (Å²) in [5.74, 6) is 4.36. The number of nitrogens with zero attached hydrogens (tertiary/aromatic N) is 2. The number of rotatable bonds is 38. The van der Waals surface area contributed by atoms with Gasteiger partial charge in [0.25, 0.3) is 0 Å². The minimum absolute atomic E-state index is 0.0979. The normalized spacial score (nSPS) is 12.9. The highest BCUT2D eigenvalue weighted by atomic mass is 31.0. The van der Waals surface area contributed by atoms with Gasteiger partial charge in [0, 0.05) is 57.3 Å². The van der Waals surface area contributed by atoms with Crippen LogP contribution >= 0.6 is 9.39 Å². The maximum Gasteiger partial charge on any atom is 0.407 e. The summed E-state index contributed by atoms with van der Waals surface area (Å²) >= 11 is 0. The number of ether oxygens (including phenoxy) is 2. The van der Waals surface area contributed by atoms with E-state index in [0.717, 1.165) is 76.5 Å². The highest BCUT2D eigenvalue weighted by molar-refractivity contribution is 7.13. The number of Topliss-reactive ketones (excluding diaryl/α,β-unsaturated/α-hetero) is 1. The van der Waals surface area contributed by atoms with Crippen LogP contribution < -0.4 is 49.3 Å². The summed E-state index contributed by atoms with van der Waals surface area (Å²) in [5.41, 5.74) is 17.9. The van der Waals surface area contributed by atoms with Gasteiger partial charge in [0.1, 0.15) is 31.1 Å². The molecule has 3 amide bonds. The zero-order valence-corrected chi connectivity index (χ0v) is 42.5. The number of carboxylic acid groups (broad SMARTS) is 2. The first-order valence-corrected chi connectivity index (χ1v) is 24.9. The van der Waals surface area contributed by atoms with E-state index in [9.17, 15) is 28.8 Å². The van der Waals surface area contributed by atoms with Crippen LogP contribution in [0.1, 0.15) is 163 Å². The number of carboxylic acids is 2. The number of unbranched alkanes of at least 4 members (excludes halogenated alkanes) is 7. The van der Waals surface area contributed by atoms with Gasteiger partial charge in [-0.1, -0.05) is 82.5 Å². The lowest BCUT2D eigenvalue weighted by Crippen LogP contribution is -2.37. The van der Waals surface area contributed by atoms with Crippen molar-refractivity contribution in [3.8, 4) is 0 Å². The molecule has 390 valence electrons. The molecule has 1 aliphatic heterocycles. The molecular formula is C45H90N11O10P. The van der Waals surface area contributed by atoms with E-state index in [0.29, 0.717) is 89.0 Å². The first kappa shape index (κ1) is 64.7. The molecule has 1 heterocycles. The number of ketones is 1. The summed E-state index contributed by atoms with van der Waals surface area (Å²) in [7, 11) is 2.18. The van der Waals surface area contributed by atoms with Crippen molar-refractivity contribution in [1.82, 2.24) is 42.0 Å². The highest BCUT2D eigenvalue weighted by Gasteiger charge is 2.18. The van der Waals surface area contributed by atoms with Crippen LogP contribution in [0.2, 0.25) is 0 Å². The zero-order valence-electron chi connectivity index (χ0n) is 41.3. The van der Waals surface area contributed by atoms with E-state index in [1.807, 2.05) is 18.1 Å². The van der Waals surface area contributed by atoms with Gasteiger partial charge in [-0.15, -0.1) is 5.53 Å². The standard InChI is InChI=1S/C25H47N5O5.C16H33N6O5P.C4H10/c1-4-12-20(13-5-2)23(31)15-8-7-11-17-30-18-21(28-29-30)19-35-25(34)27-16-10-9-14-22(24(32)33)26-6-3;17-12(10-22(19)9-5-1-2-7-14(18)23)11-27-16(26)20-8-4-3-6-13(21-28)15(24)25;1-3-4-2/h18,20,22,26,28-29H,4-17,19H2,1-3H3,(H,27,34)(H,32,33);10,13,21H,1-9,11,17,19,28H2,(H2,18,23)(H,20,26)(H,24,25);3-4H2,1-2H3/b;12-10-;/t22-;;/m0../s1. The molecule has 0 radical (unpaired) electrons. The van der Waals surface area contributed by atoms with Crippen molar-refractivity contribution in [2.45, 2.75) is 175 Å². The summed E-state index contributed by atoms with van der Waals surface area (Å²) in [4.78, 5) is 68.4. The minimum Gasteiger partial charge on any atom is -0.480 e. The topological polar surface area (TPSA) is 318 Å². The van der Waals surface area contributed by atoms with Crippen LogP contribution in [0.3, 0.4) is 0 Å². The smallest absolute Gasteiger partial charge is 0.407 e. The van der Waals surface area contributed by atoms with Gasteiger partial charge in [-0.05, 0) is 83.6 Å². The molecule has 21 nitrogen and oxygen atoms in total. The third-order valence-corrected chi connectivity index (χ3v) is 10.7. The van der Waals surface area contributed by atoms with E-state index in [4.69, 9.17) is 37.0 Å². The van der Waals surface area contributed by atoms with Gasteiger partial charge in [0.15, 0.2) is 0 Å². The van der Waals surface area contributed by atoms with Crippen LogP contribution in [0.5, 0.6) is 0 Å². The van der Waals surface area contributed by atoms with Crippen molar-refractivity contribution >= 4 is 45.2 Å². The molecular weight excluding hydrogens is 886 g/mol. The molecule has 0 fully saturated rings. The number of primary amides is 1. The number of carbonyl (C=O) groups excluding carboxylic acids is 4. The van der Waals surface area contributed by atoms with Gasteiger partial charge >= 0.3 is 24.1 Å². The molecule has 0 aliphatic carbocycles. The van der Waals surface area contributed by atoms with E-state index in [1.54, 1.807) is 0 Å². The van der Waals surface area contributed by atoms with Crippen LogP contribution in [-0.2, 0) is 28.7 Å². The fourth-order valence-corrected chi connectivity index (χ4v) is 6.67. The first-order valence-electron chi connectivity index (χ1n) is 24.3. The number of likely N-dealkylation sites (N-methyl/N-ethyl adjacent to an activating group) is 1. The summed E-state index contributed by atoms with van der Waals surface area (Å²) in [6.45, 7) is 13.3. The summed E-state index contributed by atoms with van der Waals surface area (Å²) in [5, 5.41) is 32.1. The van der Waals surface area contributed by atoms with Crippen LogP contribution in [0, 0.1) is 5.92 Å². The molecule has 0 aromatic heterocycles. The maximum absolute atomic E-state index is 12.4. The number of carbonyl (C=O) groups is 6. The number of alkyl carbamates (subject to hydrolysis) is 2. The lowest BCUT2D eigenvalue weighted by molar-refractivity contribution is -0.140. The Hall–Kier alpha value is -4.43. The lowest BCUT2D eigenvalue weighted by atomic mass is 9.91. The Balaban J connectivity index is 0. The second-order valence-corrected chi connectivity index (χ2v) is 16.7. The lowest BCUT2D eigenvalue weighted by Gasteiger charge is -2.15. The first-order chi connectivity index (χ1) is 32.1. The number of nitrogens with one attached hydrogen (secondary N) is 6. The molecule has 0 saturated heterocycles. The van der Waals surface area contributed by atoms with E-state index >= 15 is 0 Å². The Kier molecular flexibility index (Phi) is 42.6. The Morgan fingerprint density at radius 3 is 1.85 bits per heavy atom. The number of aliphatic carboxylic acids is 2. The SMILES string of the molecule is CCCC.CCCC(CCC)C(=O)CCCCCN1C=C(COC(=O)NCCCC[C@H](NCC)C(=O)O)NN1.NC(=O)CCCCCN(N)/C=C(\N)COC(=O)NCCCCC(NP)C(=O)O. The molecule has 1 aliphatic rings. The van der Waals surface area contributed by atoms with E-state index in [-0.39, 0.29) is 25.0 Å². The molecule has 2 unspecified atom stereocenters. The van der Waals surface area contributed by atoms with Gasteiger partial charge in [0.05, 0.1) is 11.4 Å². The second-order valence-electron chi connectivity index (χ2n) is 16.4. The van der Waals surface area contributed by atoms with Crippen molar-refractivity contribution in [3.63, 3.8) is 0 Å². The summed E-state index contributed by atoms with van der Waals surface area (Å²) in [6, 6.07) is -1.17. The van der Waals surface area contributed by atoms with E-state index in [2.05, 4.69) is 69.1 Å². The largest absolute Gasteiger partial charge is 0.480 e. The van der Waals surface area contributed by atoms with Crippen LogP contribution in [0.4, 0.5) is 9.59 Å². The Bertz CT molecular complexity index is 1410. The van der Waals surface area contributed by atoms with E-state index < -0.39 is 36.2 Å². The predicted molar refractivity (Wildman–Crippen MR) is 265 cm³/mol. The van der Waals surface area contributed by atoms with Crippen molar-refractivity contribution in [3.05, 3.63) is 23.8 Å². The van der Waals surface area contributed by atoms with Crippen LogP contribution in [0.15, 0.2) is 23.8 Å². The average Bonchev–Trinajstić information content (AvgIpc) is 3.75. The Morgan fingerprint density at radius 1 is 0.746 bits per heavy atom.